The van der Waals surface area contributed by atoms with Gasteiger partial charge in [0.25, 0.3) is 0 Å². The highest BCUT2D eigenvalue weighted by Gasteiger charge is 2.43. The lowest BCUT2D eigenvalue weighted by molar-refractivity contribution is -0.135. The summed E-state index contributed by atoms with van der Waals surface area (Å²) >= 11 is 0. The van der Waals surface area contributed by atoms with Gasteiger partial charge < -0.3 is 4.90 Å². The fourth-order valence-corrected chi connectivity index (χ4v) is 4.88. The standard InChI is InChI=1S/C24H23N3O/c28-24(27-19-11-12-23(27)21-15-25-16-26-22(21)13-19)14-20(17-7-3-1-4-8-17)18-9-5-2-6-10-18/h1-10,15-16,19-20,23H,11-14H2. The van der Waals surface area contributed by atoms with E-state index in [-0.39, 0.29) is 23.9 Å². The lowest BCUT2D eigenvalue weighted by Crippen LogP contribution is -2.42. The molecule has 2 aliphatic heterocycles. The summed E-state index contributed by atoms with van der Waals surface area (Å²) < 4.78 is 0. The molecule has 2 aromatic carbocycles. The Bertz CT molecular complexity index is 934. The normalized spacial score (nSPS) is 20.2. The van der Waals surface area contributed by atoms with Crippen molar-refractivity contribution in [1.29, 1.82) is 0 Å². The van der Waals surface area contributed by atoms with Crippen molar-refractivity contribution in [3.8, 4) is 0 Å². The summed E-state index contributed by atoms with van der Waals surface area (Å²) in [6, 6.07) is 21.1. The van der Waals surface area contributed by atoms with Gasteiger partial charge in [-0.1, -0.05) is 60.7 Å². The van der Waals surface area contributed by atoms with E-state index in [9.17, 15) is 4.79 Å². The molecule has 2 aliphatic rings. The number of hydrogen-bond donors (Lipinski definition) is 0. The molecule has 3 heterocycles. The molecular formula is C24H23N3O. The molecule has 2 unspecified atom stereocenters. The van der Waals surface area contributed by atoms with E-state index < -0.39 is 0 Å². The summed E-state index contributed by atoms with van der Waals surface area (Å²) in [5, 5.41) is 0. The Kier molecular flexibility index (Phi) is 4.40. The molecule has 1 amide bonds. The summed E-state index contributed by atoms with van der Waals surface area (Å²) in [5.41, 5.74) is 4.64. The van der Waals surface area contributed by atoms with E-state index in [1.807, 2.05) is 42.6 Å². The molecule has 0 N–H and O–H groups in total. The lowest BCUT2D eigenvalue weighted by atomic mass is 9.87. The number of aromatic nitrogens is 2. The molecule has 1 fully saturated rings. The van der Waals surface area contributed by atoms with Crippen LogP contribution < -0.4 is 0 Å². The van der Waals surface area contributed by atoms with Crippen LogP contribution in [0.1, 0.15) is 53.6 Å². The highest BCUT2D eigenvalue weighted by molar-refractivity contribution is 5.79. The van der Waals surface area contributed by atoms with Gasteiger partial charge in [-0.3, -0.25) is 4.79 Å². The smallest absolute Gasteiger partial charge is 0.224 e. The Morgan fingerprint density at radius 3 is 2.36 bits per heavy atom. The Balaban J connectivity index is 1.45. The van der Waals surface area contributed by atoms with E-state index >= 15 is 0 Å². The van der Waals surface area contributed by atoms with Crippen molar-refractivity contribution in [2.75, 3.05) is 0 Å². The molecule has 28 heavy (non-hydrogen) atoms. The molecule has 140 valence electrons. The molecule has 0 radical (unpaired) electrons. The van der Waals surface area contributed by atoms with Crippen LogP contribution in [0.2, 0.25) is 0 Å². The Morgan fingerprint density at radius 2 is 1.68 bits per heavy atom. The molecule has 4 nitrogen and oxygen atoms in total. The predicted octanol–water partition coefficient (Wildman–Crippen LogP) is 4.29. The minimum absolute atomic E-state index is 0.0720. The zero-order valence-electron chi connectivity index (χ0n) is 15.7. The maximum Gasteiger partial charge on any atom is 0.224 e. The van der Waals surface area contributed by atoms with Crippen molar-refractivity contribution in [1.82, 2.24) is 14.9 Å². The van der Waals surface area contributed by atoms with Crippen LogP contribution >= 0.6 is 0 Å². The number of fused-ring (bicyclic) bond motifs is 4. The first-order valence-electron chi connectivity index (χ1n) is 10.0. The zero-order chi connectivity index (χ0) is 18.9. The van der Waals surface area contributed by atoms with Crippen LogP contribution in [0.4, 0.5) is 0 Å². The Labute approximate surface area is 165 Å². The second-order valence-electron chi connectivity index (χ2n) is 7.75. The monoisotopic (exact) mass is 369 g/mol. The van der Waals surface area contributed by atoms with E-state index in [1.54, 1.807) is 6.33 Å². The highest BCUT2D eigenvalue weighted by Crippen LogP contribution is 2.44. The van der Waals surface area contributed by atoms with E-state index in [0.717, 1.165) is 30.5 Å². The van der Waals surface area contributed by atoms with Gasteiger partial charge in [0, 0.05) is 36.6 Å². The van der Waals surface area contributed by atoms with Gasteiger partial charge in [0.05, 0.1) is 11.7 Å². The van der Waals surface area contributed by atoms with Crippen LogP contribution in [-0.4, -0.2) is 26.8 Å². The topological polar surface area (TPSA) is 46.1 Å². The van der Waals surface area contributed by atoms with Crippen molar-refractivity contribution >= 4 is 5.91 Å². The average molecular weight is 369 g/mol. The summed E-state index contributed by atoms with van der Waals surface area (Å²) in [6.07, 6.45) is 6.93. The molecule has 4 heteroatoms. The number of carbonyl (C=O) groups is 1. The van der Waals surface area contributed by atoms with Gasteiger partial charge in [0.2, 0.25) is 5.91 Å². The van der Waals surface area contributed by atoms with Crippen molar-refractivity contribution in [2.45, 2.75) is 43.7 Å². The number of rotatable bonds is 4. The molecule has 0 spiro atoms. The largest absolute Gasteiger partial charge is 0.332 e. The number of amides is 1. The molecule has 1 saturated heterocycles. The highest BCUT2D eigenvalue weighted by atomic mass is 16.2. The Morgan fingerprint density at radius 1 is 1.00 bits per heavy atom. The summed E-state index contributed by atoms with van der Waals surface area (Å²) in [7, 11) is 0. The molecule has 5 rings (SSSR count). The van der Waals surface area contributed by atoms with Crippen LogP contribution in [0.3, 0.4) is 0 Å². The van der Waals surface area contributed by atoms with Crippen molar-refractivity contribution in [2.24, 2.45) is 0 Å². The van der Waals surface area contributed by atoms with Crippen molar-refractivity contribution in [3.63, 3.8) is 0 Å². The van der Waals surface area contributed by atoms with Gasteiger partial charge >= 0.3 is 0 Å². The van der Waals surface area contributed by atoms with Crippen LogP contribution in [-0.2, 0) is 11.2 Å². The fraction of sp³-hybridized carbons (Fsp3) is 0.292. The number of carbonyl (C=O) groups excluding carboxylic acids is 1. The number of nitrogens with zero attached hydrogens (tertiary/aromatic N) is 3. The fourth-order valence-electron chi connectivity index (χ4n) is 4.88. The van der Waals surface area contributed by atoms with Gasteiger partial charge in [-0.15, -0.1) is 0 Å². The molecular weight excluding hydrogens is 346 g/mol. The van der Waals surface area contributed by atoms with Crippen LogP contribution in [0, 0.1) is 0 Å². The van der Waals surface area contributed by atoms with Gasteiger partial charge in [-0.25, -0.2) is 9.97 Å². The summed E-state index contributed by atoms with van der Waals surface area (Å²) in [4.78, 5) is 24.3. The molecule has 2 bridgehead atoms. The first kappa shape index (κ1) is 17.1. The summed E-state index contributed by atoms with van der Waals surface area (Å²) in [6.45, 7) is 0. The van der Waals surface area contributed by atoms with Gasteiger partial charge in [0.1, 0.15) is 6.33 Å². The van der Waals surface area contributed by atoms with E-state index in [2.05, 4.69) is 39.1 Å². The van der Waals surface area contributed by atoms with Gasteiger partial charge in [-0.2, -0.15) is 0 Å². The van der Waals surface area contributed by atoms with E-state index in [4.69, 9.17) is 0 Å². The third-order valence-corrected chi connectivity index (χ3v) is 6.19. The van der Waals surface area contributed by atoms with E-state index in [1.165, 1.54) is 11.1 Å². The van der Waals surface area contributed by atoms with Crippen molar-refractivity contribution in [3.05, 3.63) is 95.6 Å². The maximum atomic E-state index is 13.5. The SMILES string of the molecule is O=C(CC(c1ccccc1)c1ccccc1)N1C2CCC1c1cncnc1C2. The molecule has 2 atom stereocenters. The van der Waals surface area contributed by atoms with Crippen LogP contribution in [0.5, 0.6) is 0 Å². The third kappa shape index (κ3) is 2.99. The van der Waals surface area contributed by atoms with Gasteiger partial charge in [0.15, 0.2) is 0 Å². The van der Waals surface area contributed by atoms with Crippen LogP contribution in [0.15, 0.2) is 73.2 Å². The first-order valence-corrected chi connectivity index (χ1v) is 10.0. The van der Waals surface area contributed by atoms with Crippen molar-refractivity contribution < 1.29 is 4.79 Å². The molecule has 0 saturated carbocycles. The summed E-state index contributed by atoms with van der Waals surface area (Å²) in [5.74, 6) is 0.308. The number of hydrogen-bond acceptors (Lipinski definition) is 3. The minimum Gasteiger partial charge on any atom is -0.332 e. The minimum atomic E-state index is 0.0720. The zero-order valence-corrected chi connectivity index (χ0v) is 15.7. The molecule has 3 aromatic rings. The third-order valence-electron chi connectivity index (χ3n) is 6.19. The molecule has 0 aliphatic carbocycles. The first-order chi connectivity index (χ1) is 13.8. The lowest BCUT2D eigenvalue weighted by Gasteiger charge is -2.36. The Hall–Kier alpha value is -3.01. The second-order valence-corrected chi connectivity index (χ2v) is 7.75. The van der Waals surface area contributed by atoms with Gasteiger partial charge in [-0.05, 0) is 24.0 Å². The molecule has 1 aromatic heterocycles. The second kappa shape index (κ2) is 7.19. The van der Waals surface area contributed by atoms with Crippen LogP contribution in [0.25, 0.3) is 0 Å². The average Bonchev–Trinajstić information content (AvgIpc) is 3.08. The number of benzene rings is 2. The maximum absolute atomic E-state index is 13.5. The quantitative estimate of drug-likeness (QED) is 0.689. The van der Waals surface area contributed by atoms with E-state index in [0.29, 0.717) is 6.42 Å². The predicted molar refractivity (Wildman–Crippen MR) is 108 cm³/mol.